The van der Waals surface area contributed by atoms with E-state index in [1.54, 1.807) is 12.1 Å². The maximum atomic E-state index is 12.9. The van der Waals surface area contributed by atoms with Crippen molar-refractivity contribution in [2.24, 2.45) is 5.92 Å². The third-order valence-corrected chi connectivity index (χ3v) is 5.22. The number of nitrogens with one attached hydrogen (secondary N) is 1. The molecule has 6 nitrogen and oxygen atoms in total. The summed E-state index contributed by atoms with van der Waals surface area (Å²) in [5, 5.41) is 12.0. The normalized spacial score (nSPS) is 16.1. The van der Waals surface area contributed by atoms with Crippen LogP contribution >= 0.6 is 0 Å². The fourth-order valence-corrected chi connectivity index (χ4v) is 3.27. The van der Waals surface area contributed by atoms with Crippen molar-refractivity contribution in [3.8, 4) is 0 Å². The second-order valence-corrected chi connectivity index (χ2v) is 7.97. The molecule has 1 fully saturated rings. The summed E-state index contributed by atoms with van der Waals surface area (Å²) in [5.74, 6) is -1.54. The van der Waals surface area contributed by atoms with Crippen molar-refractivity contribution in [2.75, 3.05) is 0 Å². The van der Waals surface area contributed by atoms with Gasteiger partial charge in [0, 0.05) is 6.20 Å². The number of rotatable bonds is 8. The Morgan fingerprint density at radius 1 is 1.16 bits per heavy atom. The molecular formula is C22H23F3N2O4. The number of aromatic nitrogens is 1. The molecule has 0 radical (unpaired) electrons. The lowest BCUT2D eigenvalue weighted by Gasteiger charge is -2.25. The Bertz CT molecular complexity index is 937. The number of carboxylic acids is 1. The number of carbonyl (C=O) groups is 2. The van der Waals surface area contributed by atoms with E-state index in [4.69, 9.17) is 9.84 Å². The zero-order chi connectivity index (χ0) is 22.8. The van der Waals surface area contributed by atoms with E-state index in [1.807, 2.05) is 13.8 Å². The van der Waals surface area contributed by atoms with Crippen LogP contribution in [0.4, 0.5) is 13.2 Å². The number of aromatic carboxylic acids is 1. The van der Waals surface area contributed by atoms with Crippen molar-refractivity contribution < 1.29 is 32.6 Å². The highest BCUT2D eigenvalue weighted by atomic mass is 19.4. The zero-order valence-corrected chi connectivity index (χ0v) is 17.1. The molecule has 2 N–H and O–H groups in total. The molecule has 1 aromatic heterocycles. The summed E-state index contributed by atoms with van der Waals surface area (Å²) in [6, 6.07) is 8.52. The lowest BCUT2D eigenvalue weighted by atomic mass is 10.0. The molecule has 0 aliphatic heterocycles. The van der Waals surface area contributed by atoms with E-state index in [2.05, 4.69) is 10.3 Å². The largest absolute Gasteiger partial charge is 0.478 e. The monoisotopic (exact) mass is 436 g/mol. The molecule has 1 amide bonds. The Morgan fingerprint density at radius 2 is 1.81 bits per heavy atom. The maximum Gasteiger partial charge on any atom is 0.417 e. The molecule has 9 heteroatoms. The number of alkyl halides is 3. The zero-order valence-electron chi connectivity index (χ0n) is 17.1. The minimum Gasteiger partial charge on any atom is -0.478 e. The van der Waals surface area contributed by atoms with Gasteiger partial charge in [0.15, 0.2) is 0 Å². The number of carboxylic acid groups (broad SMARTS) is 1. The number of ether oxygens (including phenoxy) is 1. The maximum absolute atomic E-state index is 12.9. The molecule has 1 aliphatic rings. The predicted molar refractivity (Wildman–Crippen MR) is 105 cm³/mol. The summed E-state index contributed by atoms with van der Waals surface area (Å²) >= 11 is 0. The average molecular weight is 436 g/mol. The number of benzene rings is 1. The number of hydrogen-bond donors (Lipinski definition) is 2. The molecule has 166 valence electrons. The van der Waals surface area contributed by atoms with Crippen LogP contribution in [0.25, 0.3) is 0 Å². The van der Waals surface area contributed by atoms with Crippen molar-refractivity contribution in [1.29, 1.82) is 0 Å². The lowest BCUT2D eigenvalue weighted by Crippen LogP contribution is -2.44. The summed E-state index contributed by atoms with van der Waals surface area (Å²) in [5.41, 5.74) is -0.135. The first kappa shape index (κ1) is 22.7. The van der Waals surface area contributed by atoms with E-state index in [-0.39, 0.29) is 29.7 Å². The summed E-state index contributed by atoms with van der Waals surface area (Å²) in [6.07, 6.45) is -3.11. The van der Waals surface area contributed by atoms with Gasteiger partial charge < -0.3 is 15.2 Å². The highest BCUT2D eigenvalue weighted by Crippen LogP contribution is 2.45. The van der Waals surface area contributed by atoms with Gasteiger partial charge >= 0.3 is 12.1 Å². The van der Waals surface area contributed by atoms with E-state index >= 15 is 0 Å². The first-order valence-corrected chi connectivity index (χ1v) is 9.81. The van der Waals surface area contributed by atoms with Crippen LogP contribution in [0.1, 0.15) is 53.9 Å². The van der Waals surface area contributed by atoms with Gasteiger partial charge in [0.2, 0.25) is 5.91 Å². The molecular weight excluding hydrogens is 413 g/mol. The van der Waals surface area contributed by atoms with Crippen LogP contribution in [-0.2, 0) is 27.9 Å². The van der Waals surface area contributed by atoms with Gasteiger partial charge in [0.05, 0.1) is 29.0 Å². The Kier molecular flexibility index (Phi) is 6.35. The number of nitrogens with zero attached hydrogens (tertiary/aromatic N) is 1. The molecule has 3 rings (SSSR count). The number of carbonyl (C=O) groups excluding carboxylic acids is 1. The Hall–Kier alpha value is -2.94. The fraction of sp³-hybridized carbons (Fsp3) is 0.409. The van der Waals surface area contributed by atoms with Gasteiger partial charge in [0.1, 0.15) is 6.10 Å². The van der Waals surface area contributed by atoms with Gasteiger partial charge in [-0.2, -0.15) is 13.2 Å². The van der Waals surface area contributed by atoms with Crippen molar-refractivity contribution in [3.05, 3.63) is 65.0 Å². The molecule has 1 aliphatic carbocycles. The van der Waals surface area contributed by atoms with Gasteiger partial charge in [0.25, 0.3) is 0 Å². The second kappa shape index (κ2) is 8.66. The van der Waals surface area contributed by atoms with E-state index in [1.165, 1.54) is 18.2 Å². The smallest absolute Gasteiger partial charge is 0.417 e. The number of amides is 1. The molecule has 1 heterocycles. The van der Waals surface area contributed by atoms with Crippen LogP contribution in [0.3, 0.4) is 0 Å². The van der Waals surface area contributed by atoms with Gasteiger partial charge in [-0.3, -0.25) is 9.78 Å². The lowest BCUT2D eigenvalue weighted by molar-refractivity contribution is -0.138. The standard InChI is InChI=1S/C22H23F3N2O4/c1-13(2)18(31-12-17-8-7-16(11-26-17)22(23,24)25)19(28)27-21(9-10-21)15-5-3-14(4-6-15)20(29)30/h3-8,11,13,18H,9-10,12H2,1-2H3,(H,27,28)(H,29,30)/t18-/m1/s1. The van der Waals surface area contributed by atoms with E-state index in [0.29, 0.717) is 0 Å². The highest BCUT2D eigenvalue weighted by molar-refractivity contribution is 5.87. The van der Waals surface area contributed by atoms with Crippen LogP contribution in [0, 0.1) is 5.92 Å². The quantitative estimate of drug-likeness (QED) is 0.649. The van der Waals surface area contributed by atoms with Crippen LogP contribution in [-0.4, -0.2) is 28.1 Å². The first-order valence-electron chi connectivity index (χ1n) is 9.81. The van der Waals surface area contributed by atoms with Crippen molar-refractivity contribution in [1.82, 2.24) is 10.3 Å². The summed E-state index contributed by atoms with van der Waals surface area (Å²) in [7, 11) is 0. The summed E-state index contributed by atoms with van der Waals surface area (Å²) in [6.45, 7) is 3.52. The molecule has 2 aromatic rings. The van der Waals surface area contributed by atoms with Crippen LogP contribution < -0.4 is 5.32 Å². The number of hydrogen-bond acceptors (Lipinski definition) is 4. The van der Waals surface area contributed by atoms with Gasteiger partial charge in [-0.05, 0) is 48.6 Å². The molecule has 0 unspecified atom stereocenters. The van der Waals surface area contributed by atoms with Crippen LogP contribution in [0.15, 0.2) is 42.6 Å². The molecule has 1 atom stereocenters. The third kappa shape index (κ3) is 5.41. The number of pyridine rings is 1. The van der Waals surface area contributed by atoms with Crippen molar-refractivity contribution >= 4 is 11.9 Å². The molecule has 1 aromatic carbocycles. The molecule has 0 bridgehead atoms. The van der Waals surface area contributed by atoms with Gasteiger partial charge in [-0.15, -0.1) is 0 Å². The molecule has 1 saturated carbocycles. The third-order valence-electron chi connectivity index (χ3n) is 5.22. The van der Waals surface area contributed by atoms with Crippen molar-refractivity contribution in [3.63, 3.8) is 0 Å². The average Bonchev–Trinajstić information content (AvgIpc) is 3.48. The Labute approximate surface area is 177 Å². The van der Waals surface area contributed by atoms with Gasteiger partial charge in [-0.25, -0.2) is 4.79 Å². The highest BCUT2D eigenvalue weighted by Gasteiger charge is 2.47. The Balaban J connectivity index is 1.64. The number of halogens is 3. The fourth-order valence-electron chi connectivity index (χ4n) is 3.27. The summed E-state index contributed by atoms with van der Waals surface area (Å²) in [4.78, 5) is 27.7. The molecule has 0 saturated heterocycles. The van der Waals surface area contributed by atoms with Gasteiger partial charge in [-0.1, -0.05) is 26.0 Å². The molecule has 31 heavy (non-hydrogen) atoms. The minimum absolute atomic E-state index is 0.102. The van der Waals surface area contributed by atoms with Crippen LogP contribution in [0.2, 0.25) is 0 Å². The van der Waals surface area contributed by atoms with Crippen molar-refractivity contribution in [2.45, 2.75) is 51.1 Å². The van der Waals surface area contributed by atoms with E-state index in [9.17, 15) is 22.8 Å². The molecule has 0 spiro atoms. The van der Waals surface area contributed by atoms with E-state index < -0.39 is 29.4 Å². The topological polar surface area (TPSA) is 88.5 Å². The SMILES string of the molecule is CC(C)[C@@H](OCc1ccc(C(F)(F)F)cn1)C(=O)NC1(c2ccc(C(=O)O)cc2)CC1. The predicted octanol–water partition coefficient (Wildman–Crippen LogP) is 4.15. The summed E-state index contributed by atoms with van der Waals surface area (Å²) < 4.78 is 43.7. The Morgan fingerprint density at radius 3 is 2.26 bits per heavy atom. The van der Waals surface area contributed by atoms with E-state index in [0.717, 1.165) is 30.7 Å². The first-order chi connectivity index (χ1) is 14.5. The minimum atomic E-state index is -4.46. The van der Waals surface area contributed by atoms with Crippen LogP contribution in [0.5, 0.6) is 0 Å². The second-order valence-electron chi connectivity index (χ2n) is 7.97.